The van der Waals surface area contributed by atoms with E-state index in [1.54, 1.807) is 0 Å². The molecule has 4 nitrogen and oxygen atoms in total. The van der Waals surface area contributed by atoms with E-state index in [0.29, 0.717) is 5.69 Å². The van der Waals surface area contributed by atoms with Gasteiger partial charge < -0.3 is 14.6 Å². The van der Waals surface area contributed by atoms with Crippen molar-refractivity contribution in [2.24, 2.45) is 0 Å². The first-order valence-corrected chi connectivity index (χ1v) is 7.24. The monoisotopic (exact) mass is 291 g/mol. The zero-order valence-corrected chi connectivity index (χ0v) is 12.8. The Kier molecular flexibility index (Phi) is 5.33. The Morgan fingerprint density at radius 3 is 2.81 bits per heavy atom. The lowest BCUT2D eigenvalue weighted by molar-refractivity contribution is 0.142. The van der Waals surface area contributed by atoms with Crippen molar-refractivity contribution in [2.45, 2.75) is 33.7 Å². The molecule has 0 saturated carbocycles. The van der Waals surface area contributed by atoms with Crippen molar-refractivity contribution in [3.8, 4) is 0 Å². The number of benzene rings is 1. The number of ether oxygens (including phenoxy) is 1. The van der Waals surface area contributed by atoms with Crippen LogP contribution in [-0.2, 0) is 11.3 Å². The molecule has 0 atom stereocenters. The highest BCUT2D eigenvalue weighted by Crippen LogP contribution is 2.19. The molecule has 0 aliphatic rings. The van der Waals surface area contributed by atoms with Crippen LogP contribution >= 0.6 is 0 Å². The van der Waals surface area contributed by atoms with Gasteiger partial charge >= 0.3 is 0 Å². The van der Waals surface area contributed by atoms with Crippen molar-refractivity contribution in [3.63, 3.8) is 0 Å². The first kappa shape index (κ1) is 15.5. The molecule has 21 heavy (non-hydrogen) atoms. The van der Waals surface area contributed by atoms with Gasteiger partial charge in [-0.25, -0.2) is 9.37 Å². The third kappa shape index (κ3) is 4.56. The molecule has 0 saturated heterocycles. The highest BCUT2D eigenvalue weighted by molar-refractivity contribution is 5.55. The highest BCUT2D eigenvalue weighted by atomic mass is 19.1. The number of anilines is 2. The van der Waals surface area contributed by atoms with Crippen LogP contribution in [0.5, 0.6) is 0 Å². The van der Waals surface area contributed by atoms with Gasteiger partial charge in [0.1, 0.15) is 5.82 Å². The van der Waals surface area contributed by atoms with Gasteiger partial charge in [-0.05, 0) is 51.0 Å². The van der Waals surface area contributed by atoms with Crippen LogP contribution in [-0.4, -0.2) is 22.8 Å². The molecule has 0 amide bonds. The Hall–Kier alpha value is -1.88. The Morgan fingerprint density at radius 1 is 1.29 bits per heavy atom. The van der Waals surface area contributed by atoms with Gasteiger partial charge in [-0.15, -0.1) is 0 Å². The van der Waals surface area contributed by atoms with E-state index in [4.69, 9.17) is 4.74 Å². The van der Waals surface area contributed by atoms with Crippen LogP contribution in [0, 0.1) is 19.7 Å². The zero-order valence-electron chi connectivity index (χ0n) is 12.8. The molecular formula is C16H22FN3O. The maximum atomic E-state index is 13.4. The van der Waals surface area contributed by atoms with Gasteiger partial charge in [0.25, 0.3) is 0 Å². The molecule has 2 rings (SSSR count). The minimum Gasteiger partial charge on any atom is -0.382 e. The Morgan fingerprint density at radius 2 is 2.10 bits per heavy atom. The number of halogens is 1. The summed E-state index contributed by atoms with van der Waals surface area (Å²) in [5.41, 5.74) is 2.52. The molecular weight excluding hydrogens is 269 g/mol. The number of hydrogen-bond acceptors (Lipinski definition) is 3. The molecule has 0 bridgehead atoms. The average molecular weight is 291 g/mol. The largest absolute Gasteiger partial charge is 0.382 e. The summed E-state index contributed by atoms with van der Waals surface area (Å²) in [6, 6.07) is 4.88. The van der Waals surface area contributed by atoms with Crippen LogP contribution in [0.4, 0.5) is 16.0 Å². The van der Waals surface area contributed by atoms with Crippen molar-refractivity contribution in [2.75, 3.05) is 18.5 Å². The van der Waals surface area contributed by atoms with E-state index in [1.165, 1.54) is 12.1 Å². The molecule has 0 fully saturated rings. The van der Waals surface area contributed by atoms with Crippen molar-refractivity contribution < 1.29 is 9.13 Å². The predicted octanol–water partition coefficient (Wildman–Crippen LogP) is 3.81. The summed E-state index contributed by atoms with van der Waals surface area (Å²) in [6.45, 7) is 8.08. The highest BCUT2D eigenvalue weighted by Gasteiger charge is 2.07. The van der Waals surface area contributed by atoms with Gasteiger partial charge in [-0.2, -0.15) is 0 Å². The molecule has 0 spiro atoms. The molecule has 0 radical (unpaired) electrons. The Balaban J connectivity index is 2.08. The third-order valence-corrected chi connectivity index (χ3v) is 3.09. The first-order chi connectivity index (χ1) is 10.1. The lowest BCUT2D eigenvalue weighted by atomic mass is 10.2. The molecule has 0 aliphatic heterocycles. The summed E-state index contributed by atoms with van der Waals surface area (Å²) in [5.74, 6) is 0.484. The quantitative estimate of drug-likeness (QED) is 0.788. The zero-order chi connectivity index (χ0) is 15.2. The minimum atomic E-state index is -0.247. The van der Waals surface area contributed by atoms with Crippen molar-refractivity contribution >= 4 is 11.6 Å². The van der Waals surface area contributed by atoms with Crippen molar-refractivity contribution in [1.29, 1.82) is 0 Å². The smallest absolute Gasteiger partial charge is 0.207 e. The summed E-state index contributed by atoms with van der Waals surface area (Å²) >= 11 is 0. The molecule has 1 aromatic carbocycles. The van der Waals surface area contributed by atoms with E-state index in [1.807, 2.05) is 37.6 Å². The second kappa shape index (κ2) is 7.22. The second-order valence-corrected chi connectivity index (χ2v) is 5.09. The lowest BCUT2D eigenvalue weighted by Gasteiger charge is -2.10. The van der Waals surface area contributed by atoms with Crippen LogP contribution in [0.1, 0.15) is 24.6 Å². The molecule has 0 unspecified atom stereocenters. The van der Waals surface area contributed by atoms with Gasteiger partial charge in [0.05, 0.1) is 5.69 Å². The Labute approximate surface area is 125 Å². The number of hydrogen-bond donors (Lipinski definition) is 1. The molecule has 1 N–H and O–H groups in total. The SMILES string of the molecule is CCOCCCn1cc(C)nc1Nc1cc(C)cc(F)c1. The molecule has 1 heterocycles. The topological polar surface area (TPSA) is 39.1 Å². The predicted molar refractivity (Wildman–Crippen MR) is 82.5 cm³/mol. The maximum absolute atomic E-state index is 13.4. The summed E-state index contributed by atoms with van der Waals surface area (Å²) in [4.78, 5) is 4.45. The first-order valence-electron chi connectivity index (χ1n) is 7.24. The van der Waals surface area contributed by atoms with Crippen LogP contribution in [0.3, 0.4) is 0 Å². The number of aryl methyl sites for hydroxylation is 3. The van der Waals surface area contributed by atoms with Gasteiger partial charge in [0.15, 0.2) is 0 Å². The van der Waals surface area contributed by atoms with Gasteiger partial charge in [0.2, 0.25) is 5.95 Å². The fraction of sp³-hybridized carbons (Fsp3) is 0.438. The van der Waals surface area contributed by atoms with Crippen LogP contribution in [0.15, 0.2) is 24.4 Å². The fourth-order valence-electron chi connectivity index (χ4n) is 2.24. The van der Waals surface area contributed by atoms with E-state index < -0.39 is 0 Å². The molecule has 114 valence electrons. The lowest BCUT2D eigenvalue weighted by Crippen LogP contribution is -2.06. The van der Waals surface area contributed by atoms with E-state index in [0.717, 1.165) is 43.4 Å². The summed E-state index contributed by atoms with van der Waals surface area (Å²) in [5, 5.41) is 3.19. The van der Waals surface area contributed by atoms with Crippen molar-refractivity contribution in [1.82, 2.24) is 9.55 Å². The number of nitrogens with one attached hydrogen (secondary N) is 1. The fourth-order valence-corrected chi connectivity index (χ4v) is 2.24. The second-order valence-electron chi connectivity index (χ2n) is 5.09. The molecule has 5 heteroatoms. The summed E-state index contributed by atoms with van der Waals surface area (Å²) in [6.07, 6.45) is 2.90. The molecule has 1 aromatic heterocycles. The standard InChI is InChI=1S/C16H22FN3O/c1-4-21-7-5-6-20-11-13(3)18-16(20)19-15-9-12(2)8-14(17)10-15/h8-11H,4-7H2,1-3H3,(H,18,19). The summed E-state index contributed by atoms with van der Waals surface area (Å²) in [7, 11) is 0. The van der Waals surface area contributed by atoms with E-state index in [9.17, 15) is 4.39 Å². The molecule has 2 aromatic rings. The van der Waals surface area contributed by atoms with Crippen LogP contribution < -0.4 is 5.32 Å². The van der Waals surface area contributed by atoms with Crippen LogP contribution in [0.2, 0.25) is 0 Å². The Bertz CT molecular complexity index is 575. The van der Waals surface area contributed by atoms with Gasteiger partial charge in [-0.3, -0.25) is 0 Å². The third-order valence-electron chi connectivity index (χ3n) is 3.09. The van der Waals surface area contributed by atoms with Crippen LogP contribution in [0.25, 0.3) is 0 Å². The van der Waals surface area contributed by atoms with E-state index in [-0.39, 0.29) is 5.82 Å². The number of aromatic nitrogens is 2. The van der Waals surface area contributed by atoms with Gasteiger partial charge in [-0.1, -0.05) is 0 Å². The maximum Gasteiger partial charge on any atom is 0.207 e. The minimum absolute atomic E-state index is 0.247. The van der Waals surface area contributed by atoms with Gasteiger partial charge in [0, 0.05) is 31.6 Å². The molecule has 0 aliphatic carbocycles. The number of imidazole rings is 1. The average Bonchev–Trinajstić information content (AvgIpc) is 2.73. The van der Waals surface area contributed by atoms with E-state index >= 15 is 0 Å². The number of nitrogens with zero attached hydrogens (tertiary/aromatic N) is 2. The summed E-state index contributed by atoms with van der Waals surface area (Å²) < 4.78 is 20.8. The normalized spacial score (nSPS) is 10.9. The van der Waals surface area contributed by atoms with E-state index in [2.05, 4.69) is 10.3 Å². The van der Waals surface area contributed by atoms with Crippen molar-refractivity contribution in [3.05, 3.63) is 41.5 Å². The number of rotatable bonds is 7.